The molecule has 1 aromatic heterocycles. The van der Waals surface area contributed by atoms with E-state index in [-0.39, 0.29) is 0 Å². The van der Waals surface area contributed by atoms with Gasteiger partial charge in [-0.25, -0.2) is 0 Å². The summed E-state index contributed by atoms with van der Waals surface area (Å²) in [5.74, 6) is 0.295. The fourth-order valence-corrected chi connectivity index (χ4v) is 3.02. The molecule has 1 aromatic carbocycles. The summed E-state index contributed by atoms with van der Waals surface area (Å²) in [4.78, 5) is 15.4. The first-order valence-corrected chi connectivity index (χ1v) is 6.86. The molecule has 0 amide bonds. The SMILES string of the molecule is O=Cc1ccc(C2CCCc3cccnc32)cc1Cl. The number of benzene rings is 1. The van der Waals surface area contributed by atoms with Gasteiger partial charge in [0.05, 0.1) is 10.7 Å². The molecule has 0 bridgehead atoms. The minimum atomic E-state index is 0.295. The van der Waals surface area contributed by atoms with Crippen molar-refractivity contribution in [1.29, 1.82) is 0 Å². The van der Waals surface area contributed by atoms with Crippen LogP contribution in [0.25, 0.3) is 0 Å². The molecule has 96 valence electrons. The molecule has 3 rings (SSSR count). The van der Waals surface area contributed by atoms with Crippen molar-refractivity contribution in [3.8, 4) is 0 Å². The lowest BCUT2D eigenvalue weighted by Gasteiger charge is -2.24. The number of aromatic nitrogens is 1. The van der Waals surface area contributed by atoms with E-state index in [4.69, 9.17) is 11.6 Å². The number of fused-ring (bicyclic) bond motifs is 1. The fourth-order valence-electron chi connectivity index (χ4n) is 2.79. The van der Waals surface area contributed by atoms with Gasteiger partial charge in [0.25, 0.3) is 0 Å². The zero-order valence-corrected chi connectivity index (χ0v) is 11.2. The summed E-state index contributed by atoms with van der Waals surface area (Å²) in [6.07, 6.45) is 5.98. The van der Waals surface area contributed by atoms with Crippen LogP contribution in [0.1, 0.15) is 45.9 Å². The maximum absolute atomic E-state index is 10.8. The van der Waals surface area contributed by atoms with Crippen molar-refractivity contribution in [3.63, 3.8) is 0 Å². The van der Waals surface area contributed by atoms with Gasteiger partial charge in [0.2, 0.25) is 0 Å². The van der Waals surface area contributed by atoms with Crippen molar-refractivity contribution in [1.82, 2.24) is 4.98 Å². The summed E-state index contributed by atoms with van der Waals surface area (Å²) in [6, 6.07) is 9.82. The lowest BCUT2D eigenvalue weighted by molar-refractivity contribution is 0.112. The van der Waals surface area contributed by atoms with E-state index in [1.165, 1.54) is 5.56 Å². The molecule has 19 heavy (non-hydrogen) atoms. The van der Waals surface area contributed by atoms with Gasteiger partial charge in [0.15, 0.2) is 6.29 Å². The van der Waals surface area contributed by atoms with Crippen LogP contribution in [-0.2, 0) is 6.42 Å². The third-order valence-corrected chi connectivity index (χ3v) is 4.08. The summed E-state index contributed by atoms with van der Waals surface area (Å²) < 4.78 is 0. The Hall–Kier alpha value is -1.67. The van der Waals surface area contributed by atoms with E-state index in [9.17, 15) is 4.79 Å². The van der Waals surface area contributed by atoms with E-state index in [1.807, 2.05) is 24.4 Å². The quantitative estimate of drug-likeness (QED) is 0.773. The van der Waals surface area contributed by atoms with Crippen LogP contribution in [0.4, 0.5) is 0 Å². The van der Waals surface area contributed by atoms with Crippen LogP contribution in [-0.4, -0.2) is 11.3 Å². The zero-order chi connectivity index (χ0) is 13.2. The van der Waals surface area contributed by atoms with Crippen LogP contribution in [0.15, 0.2) is 36.5 Å². The molecule has 0 aliphatic heterocycles. The van der Waals surface area contributed by atoms with Gasteiger partial charge in [-0.3, -0.25) is 9.78 Å². The number of pyridine rings is 1. The molecule has 1 aliphatic rings. The van der Waals surface area contributed by atoms with E-state index in [0.717, 1.165) is 36.8 Å². The van der Waals surface area contributed by atoms with E-state index in [1.54, 1.807) is 6.07 Å². The molecule has 1 atom stereocenters. The monoisotopic (exact) mass is 271 g/mol. The Morgan fingerprint density at radius 2 is 2.21 bits per heavy atom. The molecule has 0 radical (unpaired) electrons. The molecule has 2 nitrogen and oxygen atoms in total. The maximum Gasteiger partial charge on any atom is 0.151 e. The first-order valence-electron chi connectivity index (χ1n) is 6.48. The Labute approximate surface area is 117 Å². The van der Waals surface area contributed by atoms with Gasteiger partial charge in [0, 0.05) is 17.7 Å². The molecule has 0 spiro atoms. The van der Waals surface area contributed by atoms with E-state index in [2.05, 4.69) is 11.1 Å². The highest BCUT2D eigenvalue weighted by atomic mass is 35.5. The second kappa shape index (κ2) is 5.14. The summed E-state index contributed by atoms with van der Waals surface area (Å²) in [5, 5.41) is 0.524. The van der Waals surface area contributed by atoms with E-state index in [0.29, 0.717) is 16.5 Å². The molecule has 0 N–H and O–H groups in total. The third kappa shape index (κ3) is 2.28. The third-order valence-electron chi connectivity index (χ3n) is 3.75. The smallest absolute Gasteiger partial charge is 0.151 e. The van der Waals surface area contributed by atoms with E-state index >= 15 is 0 Å². The molecule has 3 heteroatoms. The molecule has 0 saturated heterocycles. The predicted octanol–water partition coefficient (Wildman–Crippen LogP) is 4.02. The van der Waals surface area contributed by atoms with Crippen LogP contribution in [0.5, 0.6) is 0 Å². The molecule has 2 aromatic rings. The predicted molar refractivity (Wildman–Crippen MR) is 75.9 cm³/mol. The number of aldehydes is 1. The summed E-state index contributed by atoms with van der Waals surface area (Å²) in [7, 11) is 0. The Balaban J connectivity index is 2.04. The summed E-state index contributed by atoms with van der Waals surface area (Å²) >= 11 is 6.12. The summed E-state index contributed by atoms with van der Waals surface area (Å²) in [5.41, 5.74) is 4.18. The number of carbonyl (C=O) groups is 1. The normalized spacial score (nSPS) is 17.8. The highest BCUT2D eigenvalue weighted by Crippen LogP contribution is 2.36. The Kier molecular flexibility index (Phi) is 3.34. The van der Waals surface area contributed by atoms with Gasteiger partial charge in [-0.1, -0.05) is 23.7 Å². The Bertz CT molecular complexity index is 624. The maximum atomic E-state index is 10.8. The van der Waals surface area contributed by atoms with Crippen LogP contribution in [0, 0.1) is 0 Å². The number of rotatable bonds is 2. The van der Waals surface area contributed by atoms with Crippen LogP contribution in [0.3, 0.4) is 0 Å². The lowest BCUT2D eigenvalue weighted by atomic mass is 9.82. The topological polar surface area (TPSA) is 30.0 Å². The zero-order valence-electron chi connectivity index (χ0n) is 10.5. The van der Waals surface area contributed by atoms with Crippen LogP contribution in [0.2, 0.25) is 5.02 Å². The number of hydrogen-bond acceptors (Lipinski definition) is 2. The average Bonchev–Trinajstić information content (AvgIpc) is 2.46. The fraction of sp³-hybridized carbons (Fsp3) is 0.250. The van der Waals surface area contributed by atoms with Gasteiger partial charge >= 0.3 is 0 Å². The van der Waals surface area contributed by atoms with Crippen molar-refractivity contribution in [2.45, 2.75) is 25.2 Å². The van der Waals surface area contributed by atoms with Crippen molar-refractivity contribution < 1.29 is 4.79 Å². The number of hydrogen-bond donors (Lipinski definition) is 0. The second-order valence-electron chi connectivity index (χ2n) is 4.89. The van der Waals surface area contributed by atoms with Crippen LogP contribution >= 0.6 is 11.6 Å². The lowest BCUT2D eigenvalue weighted by Crippen LogP contribution is -2.13. The van der Waals surface area contributed by atoms with Crippen molar-refractivity contribution in [2.24, 2.45) is 0 Å². The molecule has 1 unspecified atom stereocenters. The minimum absolute atomic E-state index is 0.295. The van der Waals surface area contributed by atoms with Crippen molar-refractivity contribution in [2.75, 3.05) is 0 Å². The van der Waals surface area contributed by atoms with Gasteiger partial charge in [-0.05, 0) is 48.6 Å². The van der Waals surface area contributed by atoms with Gasteiger partial charge < -0.3 is 0 Å². The van der Waals surface area contributed by atoms with Crippen molar-refractivity contribution in [3.05, 3.63) is 63.9 Å². The molecular formula is C16H14ClNO. The molecule has 0 fully saturated rings. The first kappa shape index (κ1) is 12.4. The van der Waals surface area contributed by atoms with Gasteiger partial charge in [-0.2, -0.15) is 0 Å². The summed E-state index contributed by atoms with van der Waals surface area (Å²) in [6.45, 7) is 0. The van der Waals surface area contributed by atoms with E-state index < -0.39 is 0 Å². The average molecular weight is 272 g/mol. The molecule has 0 saturated carbocycles. The van der Waals surface area contributed by atoms with Gasteiger partial charge in [0.1, 0.15) is 0 Å². The molecule has 1 heterocycles. The Morgan fingerprint density at radius 3 is 3.00 bits per heavy atom. The number of carbonyl (C=O) groups excluding carboxylic acids is 1. The van der Waals surface area contributed by atoms with Crippen LogP contribution < -0.4 is 0 Å². The van der Waals surface area contributed by atoms with Crippen molar-refractivity contribution >= 4 is 17.9 Å². The van der Waals surface area contributed by atoms with Gasteiger partial charge in [-0.15, -0.1) is 0 Å². The molecule has 1 aliphatic carbocycles. The molecular weight excluding hydrogens is 258 g/mol. The highest BCUT2D eigenvalue weighted by Gasteiger charge is 2.23. The second-order valence-corrected chi connectivity index (χ2v) is 5.30. The number of halogens is 1. The Morgan fingerprint density at radius 1 is 1.32 bits per heavy atom. The standard InChI is InChI=1S/C16H14ClNO/c17-15-9-12(6-7-13(15)10-19)14-5-1-3-11-4-2-8-18-16(11)14/h2,4,6-10,14H,1,3,5H2. The first-order chi connectivity index (χ1) is 9.29. The number of aryl methyl sites for hydroxylation is 1. The largest absolute Gasteiger partial charge is 0.298 e. The highest BCUT2D eigenvalue weighted by molar-refractivity contribution is 6.33. The number of nitrogens with zero attached hydrogens (tertiary/aromatic N) is 1. The minimum Gasteiger partial charge on any atom is -0.298 e.